The molecule has 0 bridgehead atoms. The van der Waals surface area contributed by atoms with Crippen LogP contribution < -0.4 is 0 Å². The average Bonchev–Trinajstić information content (AvgIpc) is 2.07. The average molecular weight is 266 g/mol. The van der Waals surface area contributed by atoms with Gasteiger partial charge in [0, 0.05) is 0 Å². The van der Waals surface area contributed by atoms with Crippen LogP contribution in [0.25, 0.3) is 0 Å². The Labute approximate surface area is 99.3 Å². The fraction of sp³-hybridized carbons (Fsp3) is 1.00. The molecule has 0 aromatic heterocycles. The molecule has 1 aliphatic rings. The van der Waals surface area contributed by atoms with Crippen LogP contribution in [0.5, 0.6) is 0 Å². The van der Waals surface area contributed by atoms with Crippen molar-refractivity contribution in [3.05, 3.63) is 0 Å². The van der Waals surface area contributed by atoms with Crippen LogP contribution in [0.15, 0.2) is 0 Å². The fourth-order valence-corrected chi connectivity index (χ4v) is 25.1. The van der Waals surface area contributed by atoms with Crippen LogP contribution >= 0.6 is 21.8 Å². The summed E-state index contributed by atoms with van der Waals surface area (Å²) in [6.45, 7) is 20.6. The Morgan fingerprint density at radius 1 is 1.13 bits per heavy atom. The van der Waals surface area contributed by atoms with Crippen LogP contribution in [-0.2, 0) is 0 Å². The van der Waals surface area contributed by atoms with E-state index in [1.165, 1.54) is 0 Å². The van der Waals surface area contributed by atoms with Crippen molar-refractivity contribution < 1.29 is 0 Å². The Kier molecular flexibility index (Phi) is 4.01. The van der Waals surface area contributed by atoms with Crippen molar-refractivity contribution in [3.8, 4) is 0 Å². The molecule has 0 aromatic carbocycles. The second-order valence-electron chi connectivity index (χ2n) is 6.79. The number of hydrogen-bond acceptors (Lipinski definition) is 0. The van der Waals surface area contributed by atoms with Crippen molar-refractivity contribution in [2.45, 2.75) is 31.8 Å². The molecule has 92 valence electrons. The molecule has 1 saturated heterocycles. The van der Waals surface area contributed by atoms with E-state index in [1.807, 2.05) is 0 Å². The molecule has 0 nitrogen and oxygen atoms in total. The molecule has 0 saturated carbocycles. The zero-order valence-corrected chi connectivity index (χ0v) is 14.5. The van der Waals surface area contributed by atoms with E-state index in [-0.39, 0.29) is 7.61 Å². The topological polar surface area (TPSA) is 0 Å². The third-order valence-corrected chi connectivity index (χ3v) is 25.1. The van der Waals surface area contributed by atoms with Crippen molar-refractivity contribution in [1.82, 2.24) is 0 Å². The molecule has 4 atom stereocenters. The Morgan fingerprint density at radius 2 is 1.60 bits per heavy atom. The monoisotopic (exact) mass is 266 g/mol. The van der Waals surface area contributed by atoms with Gasteiger partial charge < -0.3 is 0 Å². The van der Waals surface area contributed by atoms with E-state index in [4.69, 9.17) is 0 Å². The summed E-state index contributed by atoms with van der Waals surface area (Å²) in [5, 5.41) is 1.04. The van der Waals surface area contributed by atoms with Crippen LogP contribution in [0.3, 0.4) is 0 Å². The van der Waals surface area contributed by atoms with Crippen molar-refractivity contribution >= 4 is 21.8 Å². The summed E-state index contributed by atoms with van der Waals surface area (Å²) < 4.78 is 0. The van der Waals surface area contributed by atoms with Crippen molar-refractivity contribution in [3.63, 3.8) is 0 Å². The Hall–Kier alpha value is 1.29. The second-order valence-corrected chi connectivity index (χ2v) is 24.3. The second kappa shape index (κ2) is 4.19. The Morgan fingerprint density at radius 3 is 2.00 bits per heavy atom. The quantitative estimate of drug-likeness (QED) is 0.589. The first-order chi connectivity index (χ1) is 6.56. The van der Waals surface area contributed by atoms with Gasteiger partial charge in [-0.2, -0.15) is 0 Å². The van der Waals surface area contributed by atoms with Gasteiger partial charge in [0.2, 0.25) is 0 Å². The van der Waals surface area contributed by atoms with Crippen LogP contribution in [0, 0.1) is 5.92 Å². The van der Waals surface area contributed by atoms with Crippen LogP contribution in [0.4, 0.5) is 0 Å². The minimum absolute atomic E-state index is 0.270. The summed E-state index contributed by atoms with van der Waals surface area (Å²) in [7, 11) is 0.577. The fourth-order valence-electron chi connectivity index (χ4n) is 3.08. The maximum absolute atomic E-state index is 2.67. The number of rotatable bonds is 1. The third kappa shape index (κ3) is 2.44. The van der Waals surface area contributed by atoms with E-state index >= 15 is 0 Å². The van der Waals surface area contributed by atoms with Gasteiger partial charge >= 0.3 is 99.1 Å². The van der Waals surface area contributed by atoms with Gasteiger partial charge in [-0.1, -0.05) is 0 Å². The SMILES string of the molecule is CC(C)C1CP(C)C(C)P(C)P1(C)(C)C. The maximum atomic E-state index is 2.67. The molecular weight excluding hydrogens is 237 g/mol. The molecule has 0 N–H and O–H groups in total. The molecule has 15 heavy (non-hydrogen) atoms. The van der Waals surface area contributed by atoms with Crippen LogP contribution in [-0.4, -0.2) is 50.5 Å². The van der Waals surface area contributed by atoms with Gasteiger partial charge in [0.1, 0.15) is 0 Å². The van der Waals surface area contributed by atoms with E-state index < -0.39 is 6.29 Å². The third-order valence-electron chi connectivity index (χ3n) is 4.70. The standard InChI is InChI=1S/C12H29P3/c1-10(2)12-9-13(4)11(3)14(5)15(12,6,7)8/h10-12H,9H2,1-8H3. The Balaban J connectivity index is 3.09. The Bertz CT molecular complexity index is 239. The van der Waals surface area contributed by atoms with E-state index in [0.29, 0.717) is 7.92 Å². The predicted molar refractivity (Wildman–Crippen MR) is 83.3 cm³/mol. The molecule has 1 fully saturated rings. The molecule has 0 aliphatic carbocycles. The van der Waals surface area contributed by atoms with Gasteiger partial charge in [-0.15, -0.1) is 0 Å². The number of hydrogen-bond donors (Lipinski definition) is 0. The van der Waals surface area contributed by atoms with E-state index in [9.17, 15) is 0 Å². The molecule has 1 aliphatic heterocycles. The zero-order valence-electron chi connectivity index (χ0n) is 11.8. The summed E-state index contributed by atoms with van der Waals surface area (Å²) in [6, 6.07) is 0. The van der Waals surface area contributed by atoms with Gasteiger partial charge in [0.15, 0.2) is 0 Å². The molecule has 1 heterocycles. The molecule has 0 spiro atoms. The zero-order chi connectivity index (χ0) is 12.0. The van der Waals surface area contributed by atoms with E-state index in [1.54, 1.807) is 6.16 Å². The van der Waals surface area contributed by atoms with E-state index in [0.717, 1.165) is 17.0 Å². The molecule has 0 aromatic rings. The van der Waals surface area contributed by atoms with Gasteiger partial charge in [0.05, 0.1) is 0 Å². The molecular formula is C12H29P3. The molecule has 0 amide bonds. The van der Waals surface area contributed by atoms with Crippen LogP contribution in [0.2, 0.25) is 0 Å². The summed E-state index contributed by atoms with van der Waals surface area (Å²) in [5.74, 6) is 0.894. The summed E-state index contributed by atoms with van der Waals surface area (Å²) in [5.41, 5.74) is 1.04. The van der Waals surface area contributed by atoms with Crippen molar-refractivity contribution in [2.24, 2.45) is 5.92 Å². The van der Waals surface area contributed by atoms with Gasteiger partial charge in [-0.25, -0.2) is 0 Å². The molecule has 0 radical (unpaired) electrons. The summed E-state index contributed by atoms with van der Waals surface area (Å²) in [4.78, 5) is 0. The summed E-state index contributed by atoms with van der Waals surface area (Å²) in [6.07, 6.45) is 0.158. The minimum atomic E-state index is -1.39. The predicted octanol–water partition coefficient (Wildman–Crippen LogP) is 4.95. The molecule has 4 unspecified atom stereocenters. The first-order valence-corrected chi connectivity index (χ1v) is 14.3. The molecule has 3 heteroatoms. The van der Waals surface area contributed by atoms with Gasteiger partial charge in [0.25, 0.3) is 0 Å². The first kappa shape index (κ1) is 14.4. The first-order valence-electron chi connectivity index (χ1n) is 6.00. The van der Waals surface area contributed by atoms with Gasteiger partial charge in [-0.3, -0.25) is 0 Å². The van der Waals surface area contributed by atoms with Crippen molar-refractivity contribution in [2.75, 3.05) is 39.5 Å². The van der Waals surface area contributed by atoms with Gasteiger partial charge in [-0.05, 0) is 0 Å². The molecule has 1 rings (SSSR count). The van der Waals surface area contributed by atoms with Crippen LogP contribution in [0.1, 0.15) is 20.8 Å². The van der Waals surface area contributed by atoms with E-state index in [2.05, 4.69) is 54.1 Å². The summed E-state index contributed by atoms with van der Waals surface area (Å²) >= 11 is 0. The normalized spacial score (nSPS) is 47.1. The van der Waals surface area contributed by atoms with Crippen molar-refractivity contribution in [1.29, 1.82) is 0 Å².